The Morgan fingerprint density at radius 3 is 2.67 bits per heavy atom. The van der Waals surface area contributed by atoms with Crippen LogP contribution in [-0.2, 0) is 10.2 Å². The van der Waals surface area contributed by atoms with Gasteiger partial charge in [0.15, 0.2) is 0 Å². The Morgan fingerprint density at radius 1 is 1.39 bits per heavy atom. The zero-order valence-corrected chi connectivity index (χ0v) is 11.6. The minimum atomic E-state index is -0.456. The van der Waals surface area contributed by atoms with Crippen LogP contribution in [0.2, 0.25) is 0 Å². The van der Waals surface area contributed by atoms with Crippen molar-refractivity contribution in [1.82, 2.24) is 0 Å². The van der Waals surface area contributed by atoms with E-state index in [1.807, 2.05) is 20.8 Å². The van der Waals surface area contributed by atoms with Gasteiger partial charge in [0.2, 0.25) is 5.91 Å². The number of hydrogen-bond donors (Lipinski definition) is 2. The molecule has 98 valence electrons. The van der Waals surface area contributed by atoms with Gasteiger partial charge in [0.05, 0.1) is 5.41 Å². The summed E-state index contributed by atoms with van der Waals surface area (Å²) in [6.07, 6.45) is 2.04. The van der Waals surface area contributed by atoms with Crippen molar-refractivity contribution in [3.05, 3.63) is 28.8 Å². The largest absolute Gasteiger partial charge is 0.325 e. The average Bonchev–Trinajstić information content (AvgIpc) is 2.52. The minimum Gasteiger partial charge on any atom is -0.325 e. The molecule has 0 bridgehead atoms. The lowest BCUT2D eigenvalue weighted by Gasteiger charge is -2.19. The van der Waals surface area contributed by atoms with E-state index in [2.05, 4.69) is 24.4 Å². The third-order valence-electron chi connectivity index (χ3n) is 3.87. The van der Waals surface area contributed by atoms with Crippen LogP contribution in [0.15, 0.2) is 12.1 Å². The van der Waals surface area contributed by atoms with Gasteiger partial charge in [-0.15, -0.1) is 0 Å². The van der Waals surface area contributed by atoms with Crippen molar-refractivity contribution in [1.29, 1.82) is 0 Å². The maximum absolute atomic E-state index is 12.0. The number of anilines is 1. The van der Waals surface area contributed by atoms with E-state index in [0.717, 1.165) is 35.2 Å². The molecular formula is C15H22N2O. The van der Waals surface area contributed by atoms with E-state index < -0.39 is 5.41 Å². The second kappa shape index (κ2) is 4.39. The van der Waals surface area contributed by atoms with Crippen LogP contribution in [0.25, 0.3) is 0 Å². The lowest BCUT2D eigenvalue weighted by atomic mass is 9.83. The van der Waals surface area contributed by atoms with E-state index in [1.54, 1.807) is 0 Å². The molecule has 1 amide bonds. The molecule has 1 unspecified atom stereocenters. The second-order valence-corrected chi connectivity index (χ2v) is 5.73. The van der Waals surface area contributed by atoms with Crippen molar-refractivity contribution >= 4 is 11.6 Å². The molecule has 1 aromatic carbocycles. The first-order chi connectivity index (χ1) is 8.37. The molecule has 1 aromatic rings. The van der Waals surface area contributed by atoms with Gasteiger partial charge in [0.1, 0.15) is 0 Å². The highest BCUT2D eigenvalue weighted by molar-refractivity contribution is 6.06. The van der Waals surface area contributed by atoms with Crippen LogP contribution in [0.1, 0.15) is 56.3 Å². The Hall–Kier alpha value is -1.35. The Labute approximate surface area is 109 Å². The fourth-order valence-electron chi connectivity index (χ4n) is 2.56. The zero-order chi connectivity index (χ0) is 13.5. The predicted molar refractivity (Wildman–Crippen MR) is 74.7 cm³/mol. The van der Waals surface area contributed by atoms with Gasteiger partial charge in [-0.3, -0.25) is 4.79 Å². The highest BCUT2D eigenvalue weighted by Crippen LogP contribution is 2.40. The van der Waals surface area contributed by atoms with E-state index in [9.17, 15) is 4.79 Å². The number of hydrogen-bond acceptors (Lipinski definition) is 2. The predicted octanol–water partition coefficient (Wildman–Crippen LogP) is 3.02. The lowest BCUT2D eigenvalue weighted by Crippen LogP contribution is -2.27. The number of rotatable bonds is 3. The molecule has 0 fully saturated rings. The fraction of sp³-hybridized carbons (Fsp3) is 0.533. The first kappa shape index (κ1) is 13.1. The summed E-state index contributed by atoms with van der Waals surface area (Å²) < 4.78 is 0. The van der Waals surface area contributed by atoms with E-state index in [-0.39, 0.29) is 11.9 Å². The van der Waals surface area contributed by atoms with E-state index >= 15 is 0 Å². The standard InChI is InChI=1S/C15H22N2O/c1-5-6-12(16)10-7-9(2)13-11(8-10)15(3,4)14(18)17-13/h7-8,12H,5-6,16H2,1-4H3,(H,17,18). The molecule has 1 atom stereocenters. The van der Waals surface area contributed by atoms with Crippen LogP contribution in [0, 0.1) is 6.92 Å². The Morgan fingerprint density at radius 2 is 2.06 bits per heavy atom. The summed E-state index contributed by atoms with van der Waals surface area (Å²) in [6.45, 7) is 8.09. The second-order valence-electron chi connectivity index (χ2n) is 5.73. The molecule has 1 heterocycles. The van der Waals surface area contributed by atoms with Gasteiger partial charge in [-0.05, 0) is 43.9 Å². The molecule has 18 heavy (non-hydrogen) atoms. The van der Waals surface area contributed by atoms with Crippen molar-refractivity contribution in [2.24, 2.45) is 5.73 Å². The summed E-state index contributed by atoms with van der Waals surface area (Å²) in [5, 5.41) is 2.97. The highest BCUT2D eigenvalue weighted by atomic mass is 16.2. The molecule has 0 radical (unpaired) electrons. The normalized spacial score (nSPS) is 18.4. The molecule has 1 aliphatic rings. The minimum absolute atomic E-state index is 0.0607. The van der Waals surface area contributed by atoms with Gasteiger partial charge in [-0.25, -0.2) is 0 Å². The first-order valence-electron chi connectivity index (χ1n) is 6.60. The smallest absolute Gasteiger partial charge is 0.234 e. The van der Waals surface area contributed by atoms with E-state index in [0.29, 0.717) is 0 Å². The summed E-state index contributed by atoms with van der Waals surface area (Å²) in [5.74, 6) is 0.0711. The highest BCUT2D eigenvalue weighted by Gasteiger charge is 2.39. The Balaban J connectivity index is 2.49. The van der Waals surface area contributed by atoms with E-state index in [4.69, 9.17) is 5.73 Å². The molecule has 3 heteroatoms. The number of nitrogens with two attached hydrogens (primary N) is 1. The molecule has 0 saturated carbocycles. The van der Waals surface area contributed by atoms with Gasteiger partial charge in [0, 0.05) is 11.7 Å². The molecule has 0 aromatic heterocycles. The summed E-state index contributed by atoms with van der Waals surface area (Å²) >= 11 is 0. The van der Waals surface area contributed by atoms with Crippen LogP contribution in [-0.4, -0.2) is 5.91 Å². The summed E-state index contributed by atoms with van der Waals surface area (Å²) in [6, 6.07) is 4.26. The van der Waals surface area contributed by atoms with Gasteiger partial charge >= 0.3 is 0 Å². The Kier molecular flexibility index (Phi) is 3.20. The molecular weight excluding hydrogens is 224 g/mol. The molecule has 0 saturated heterocycles. The SMILES string of the molecule is CCCC(N)c1cc(C)c2c(c1)C(C)(C)C(=O)N2. The van der Waals surface area contributed by atoms with Crippen LogP contribution >= 0.6 is 0 Å². The fourth-order valence-corrected chi connectivity index (χ4v) is 2.56. The summed E-state index contributed by atoms with van der Waals surface area (Å²) in [4.78, 5) is 12.0. The number of aryl methyl sites for hydroxylation is 1. The van der Waals surface area contributed by atoms with Gasteiger partial charge in [-0.2, -0.15) is 0 Å². The summed E-state index contributed by atoms with van der Waals surface area (Å²) in [5.41, 5.74) is 10.0. The topological polar surface area (TPSA) is 55.1 Å². The van der Waals surface area contributed by atoms with Crippen molar-refractivity contribution in [3.8, 4) is 0 Å². The maximum atomic E-state index is 12.0. The Bertz CT molecular complexity index is 492. The lowest BCUT2D eigenvalue weighted by molar-refractivity contribution is -0.119. The molecule has 3 nitrogen and oxygen atoms in total. The van der Waals surface area contributed by atoms with Crippen molar-refractivity contribution in [2.45, 2.75) is 52.0 Å². The summed E-state index contributed by atoms with van der Waals surface area (Å²) in [7, 11) is 0. The quantitative estimate of drug-likeness (QED) is 0.861. The maximum Gasteiger partial charge on any atom is 0.234 e. The number of amides is 1. The molecule has 0 spiro atoms. The zero-order valence-electron chi connectivity index (χ0n) is 11.6. The molecule has 2 rings (SSSR count). The van der Waals surface area contributed by atoms with Crippen LogP contribution in [0.3, 0.4) is 0 Å². The van der Waals surface area contributed by atoms with Crippen LogP contribution in [0.5, 0.6) is 0 Å². The van der Waals surface area contributed by atoms with Crippen molar-refractivity contribution in [2.75, 3.05) is 5.32 Å². The monoisotopic (exact) mass is 246 g/mol. The van der Waals surface area contributed by atoms with Gasteiger partial charge in [0.25, 0.3) is 0 Å². The molecule has 0 aliphatic carbocycles. The number of benzene rings is 1. The third-order valence-corrected chi connectivity index (χ3v) is 3.87. The third kappa shape index (κ3) is 1.93. The number of fused-ring (bicyclic) bond motifs is 1. The van der Waals surface area contributed by atoms with Crippen LogP contribution < -0.4 is 11.1 Å². The first-order valence-corrected chi connectivity index (χ1v) is 6.60. The number of nitrogens with one attached hydrogen (secondary N) is 1. The molecule has 3 N–H and O–H groups in total. The van der Waals surface area contributed by atoms with Crippen LogP contribution in [0.4, 0.5) is 5.69 Å². The van der Waals surface area contributed by atoms with E-state index in [1.165, 1.54) is 0 Å². The van der Waals surface area contributed by atoms with Gasteiger partial charge in [-0.1, -0.05) is 25.5 Å². The number of carbonyl (C=O) groups excluding carboxylic acids is 1. The average molecular weight is 246 g/mol. The number of carbonyl (C=O) groups is 1. The van der Waals surface area contributed by atoms with Crippen molar-refractivity contribution in [3.63, 3.8) is 0 Å². The molecule has 1 aliphatic heterocycles. The van der Waals surface area contributed by atoms with Crippen molar-refractivity contribution < 1.29 is 4.79 Å². The van der Waals surface area contributed by atoms with Gasteiger partial charge < -0.3 is 11.1 Å².